The minimum atomic E-state index is -0.483. The minimum Gasteiger partial charge on any atom is -0.366 e. The van der Waals surface area contributed by atoms with Gasteiger partial charge >= 0.3 is 0 Å². The Labute approximate surface area is 149 Å². The molecule has 1 aliphatic heterocycles. The molecule has 1 aromatic heterocycles. The number of anilines is 1. The quantitative estimate of drug-likeness (QED) is 0.796. The molecule has 1 atom stereocenters. The normalized spacial score (nSPS) is 16.7. The third kappa shape index (κ3) is 3.14. The molecule has 126 valence electrons. The van der Waals surface area contributed by atoms with Crippen LogP contribution >= 0.6 is 23.4 Å². The van der Waals surface area contributed by atoms with E-state index in [1.54, 1.807) is 28.6 Å². The van der Waals surface area contributed by atoms with Gasteiger partial charge in [0, 0.05) is 16.5 Å². The van der Waals surface area contributed by atoms with Gasteiger partial charge in [0.25, 0.3) is 0 Å². The SMILES string of the molecule is CCCSc1nc2n(n1)C(c1ccc(Cl)cc1)C(C(N)=O)=C(C)N2. The summed E-state index contributed by atoms with van der Waals surface area (Å²) in [5.74, 6) is 1.06. The van der Waals surface area contributed by atoms with Crippen molar-refractivity contribution in [2.75, 3.05) is 11.1 Å². The highest BCUT2D eigenvalue weighted by Gasteiger charge is 2.33. The summed E-state index contributed by atoms with van der Waals surface area (Å²) in [7, 11) is 0. The van der Waals surface area contributed by atoms with E-state index in [4.69, 9.17) is 17.3 Å². The van der Waals surface area contributed by atoms with Crippen molar-refractivity contribution in [3.8, 4) is 0 Å². The van der Waals surface area contributed by atoms with E-state index in [1.807, 2.05) is 19.1 Å². The molecule has 2 heterocycles. The fraction of sp³-hybridized carbons (Fsp3) is 0.312. The van der Waals surface area contributed by atoms with Crippen molar-refractivity contribution in [1.29, 1.82) is 0 Å². The Bertz CT molecular complexity index is 799. The zero-order valence-electron chi connectivity index (χ0n) is 13.4. The van der Waals surface area contributed by atoms with Gasteiger partial charge in [0.2, 0.25) is 17.0 Å². The number of hydrogen-bond donors (Lipinski definition) is 2. The van der Waals surface area contributed by atoms with E-state index in [9.17, 15) is 4.79 Å². The average molecular weight is 364 g/mol. The van der Waals surface area contributed by atoms with Crippen molar-refractivity contribution < 1.29 is 4.79 Å². The van der Waals surface area contributed by atoms with Crippen LogP contribution in [0.4, 0.5) is 5.95 Å². The summed E-state index contributed by atoms with van der Waals surface area (Å²) in [6, 6.07) is 6.91. The molecule has 0 radical (unpaired) electrons. The van der Waals surface area contributed by atoms with Gasteiger partial charge in [-0.25, -0.2) is 4.68 Å². The first-order valence-corrected chi connectivity index (χ1v) is 9.00. The zero-order valence-corrected chi connectivity index (χ0v) is 15.0. The van der Waals surface area contributed by atoms with Crippen molar-refractivity contribution in [3.63, 3.8) is 0 Å². The summed E-state index contributed by atoms with van der Waals surface area (Å²) in [6.07, 6.45) is 1.03. The van der Waals surface area contributed by atoms with Crippen LogP contribution in [0.1, 0.15) is 31.9 Å². The van der Waals surface area contributed by atoms with Crippen LogP contribution in [-0.2, 0) is 4.79 Å². The summed E-state index contributed by atoms with van der Waals surface area (Å²) >= 11 is 7.57. The van der Waals surface area contributed by atoms with Gasteiger partial charge in [0.1, 0.15) is 6.04 Å². The predicted molar refractivity (Wildman–Crippen MR) is 96.1 cm³/mol. The lowest BCUT2D eigenvalue weighted by Gasteiger charge is -2.27. The molecule has 2 aromatic rings. The maximum absolute atomic E-state index is 12.0. The van der Waals surface area contributed by atoms with Crippen LogP contribution in [0, 0.1) is 0 Å². The molecule has 0 aliphatic carbocycles. The molecule has 1 aromatic carbocycles. The number of thioether (sulfide) groups is 1. The van der Waals surface area contributed by atoms with Crippen LogP contribution in [0.25, 0.3) is 0 Å². The second-order valence-electron chi connectivity index (χ2n) is 5.49. The Morgan fingerprint density at radius 3 is 2.75 bits per heavy atom. The first kappa shape index (κ1) is 16.9. The van der Waals surface area contributed by atoms with Gasteiger partial charge in [-0.15, -0.1) is 5.10 Å². The first-order valence-electron chi connectivity index (χ1n) is 7.63. The van der Waals surface area contributed by atoms with Crippen LogP contribution in [0.2, 0.25) is 5.02 Å². The van der Waals surface area contributed by atoms with E-state index < -0.39 is 11.9 Å². The maximum Gasteiger partial charge on any atom is 0.248 e. The number of allylic oxidation sites excluding steroid dienone is 1. The van der Waals surface area contributed by atoms with Gasteiger partial charge in [-0.2, -0.15) is 4.98 Å². The summed E-state index contributed by atoms with van der Waals surface area (Å²) in [5.41, 5.74) is 7.67. The number of primary amides is 1. The average Bonchev–Trinajstić information content (AvgIpc) is 2.94. The molecule has 0 spiro atoms. The molecule has 24 heavy (non-hydrogen) atoms. The van der Waals surface area contributed by atoms with Crippen LogP contribution in [0.5, 0.6) is 0 Å². The second kappa shape index (κ2) is 6.86. The van der Waals surface area contributed by atoms with Crippen LogP contribution in [0.15, 0.2) is 40.7 Å². The number of amides is 1. The van der Waals surface area contributed by atoms with E-state index >= 15 is 0 Å². The predicted octanol–water partition coefficient (Wildman–Crippen LogP) is 3.21. The van der Waals surface area contributed by atoms with E-state index in [2.05, 4.69) is 22.3 Å². The highest BCUT2D eigenvalue weighted by atomic mass is 35.5. The minimum absolute atomic E-state index is 0.417. The maximum atomic E-state index is 12.0. The largest absolute Gasteiger partial charge is 0.366 e. The van der Waals surface area contributed by atoms with Gasteiger partial charge in [-0.05, 0) is 31.0 Å². The number of rotatable bonds is 5. The third-order valence-corrected chi connectivity index (χ3v) is 5.02. The molecule has 0 saturated carbocycles. The van der Waals surface area contributed by atoms with Crippen molar-refractivity contribution in [2.45, 2.75) is 31.5 Å². The number of fused-ring (bicyclic) bond motifs is 1. The molecule has 1 unspecified atom stereocenters. The number of carbonyl (C=O) groups excluding carboxylic acids is 1. The Balaban J connectivity index is 2.09. The number of nitrogens with two attached hydrogens (primary N) is 1. The molecule has 1 amide bonds. The monoisotopic (exact) mass is 363 g/mol. The molecule has 3 rings (SSSR count). The van der Waals surface area contributed by atoms with Gasteiger partial charge in [-0.1, -0.05) is 42.4 Å². The Hall–Kier alpha value is -1.99. The molecular weight excluding hydrogens is 346 g/mol. The molecule has 0 bridgehead atoms. The summed E-state index contributed by atoms with van der Waals surface area (Å²) < 4.78 is 1.72. The highest BCUT2D eigenvalue weighted by molar-refractivity contribution is 7.99. The summed E-state index contributed by atoms with van der Waals surface area (Å²) in [5, 5.41) is 9.00. The van der Waals surface area contributed by atoms with Gasteiger partial charge in [0.15, 0.2) is 0 Å². The van der Waals surface area contributed by atoms with Crippen molar-refractivity contribution in [3.05, 3.63) is 46.1 Å². The number of hydrogen-bond acceptors (Lipinski definition) is 5. The topological polar surface area (TPSA) is 85.8 Å². The van der Waals surface area contributed by atoms with E-state index in [0.29, 0.717) is 27.4 Å². The van der Waals surface area contributed by atoms with Crippen molar-refractivity contribution in [1.82, 2.24) is 14.8 Å². The molecule has 8 heteroatoms. The lowest BCUT2D eigenvalue weighted by atomic mass is 9.95. The van der Waals surface area contributed by atoms with Gasteiger partial charge < -0.3 is 11.1 Å². The Morgan fingerprint density at radius 2 is 2.12 bits per heavy atom. The van der Waals surface area contributed by atoms with Gasteiger partial charge in [-0.3, -0.25) is 4.79 Å². The standard InChI is InChI=1S/C16H18ClN5OS/c1-3-8-24-16-20-15-19-9(2)12(14(18)23)13(22(15)21-16)10-4-6-11(17)7-5-10/h4-7,13H,3,8H2,1-2H3,(H2,18,23)(H,19,20,21). The number of halogens is 1. The van der Waals surface area contributed by atoms with Crippen LogP contribution < -0.4 is 11.1 Å². The van der Waals surface area contributed by atoms with Crippen molar-refractivity contribution in [2.24, 2.45) is 5.73 Å². The molecule has 0 saturated heterocycles. The number of carbonyl (C=O) groups is 1. The summed E-state index contributed by atoms with van der Waals surface area (Å²) in [6.45, 7) is 3.93. The molecule has 0 fully saturated rings. The zero-order chi connectivity index (χ0) is 17.3. The summed E-state index contributed by atoms with van der Waals surface area (Å²) in [4.78, 5) is 16.6. The smallest absolute Gasteiger partial charge is 0.248 e. The van der Waals surface area contributed by atoms with Crippen molar-refractivity contribution >= 4 is 35.2 Å². The van der Waals surface area contributed by atoms with E-state index in [0.717, 1.165) is 17.7 Å². The van der Waals surface area contributed by atoms with Crippen LogP contribution in [0.3, 0.4) is 0 Å². The lowest BCUT2D eigenvalue weighted by molar-refractivity contribution is -0.115. The van der Waals surface area contributed by atoms with Crippen LogP contribution in [-0.4, -0.2) is 26.4 Å². The van der Waals surface area contributed by atoms with E-state index in [-0.39, 0.29) is 0 Å². The number of aromatic nitrogens is 3. The number of benzene rings is 1. The number of nitrogens with one attached hydrogen (secondary N) is 1. The molecule has 3 N–H and O–H groups in total. The second-order valence-corrected chi connectivity index (χ2v) is 6.99. The third-order valence-electron chi connectivity index (χ3n) is 3.72. The van der Waals surface area contributed by atoms with E-state index in [1.165, 1.54) is 0 Å². The Morgan fingerprint density at radius 1 is 1.42 bits per heavy atom. The number of nitrogens with zero attached hydrogens (tertiary/aromatic N) is 3. The van der Waals surface area contributed by atoms with Gasteiger partial charge in [0.05, 0.1) is 5.57 Å². The lowest BCUT2D eigenvalue weighted by Crippen LogP contribution is -2.31. The molecule has 1 aliphatic rings. The Kier molecular flexibility index (Phi) is 4.82. The fourth-order valence-corrected chi connectivity index (χ4v) is 3.47. The first-order chi connectivity index (χ1) is 11.5. The highest BCUT2D eigenvalue weighted by Crippen LogP contribution is 2.36. The fourth-order valence-electron chi connectivity index (χ4n) is 2.66. The molecule has 6 nitrogen and oxygen atoms in total. The molecular formula is C16H18ClN5OS.